The third kappa shape index (κ3) is 3.95. The summed E-state index contributed by atoms with van der Waals surface area (Å²) < 4.78 is 16.0. The minimum atomic E-state index is -0.344. The summed E-state index contributed by atoms with van der Waals surface area (Å²) in [5, 5.41) is 10.4. The molecule has 0 bridgehead atoms. The molecular formula is C18H17N3O4. The molecule has 0 fully saturated rings. The third-order valence-electron chi connectivity index (χ3n) is 3.39. The molecule has 1 aromatic heterocycles. The first-order valence-electron chi connectivity index (χ1n) is 7.71. The van der Waals surface area contributed by atoms with Crippen LogP contribution in [0.5, 0.6) is 11.5 Å². The van der Waals surface area contributed by atoms with E-state index >= 15 is 0 Å². The zero-order valence-corrected chi connectivity index (χ0v) is 13.9. The van der Waals surface area contributed by atoms with E-state index in [2.05, 4.69) is 15.5 Å². The number of hydrogen-bond acceptors (Lipinski definition) is 6. The van der Waals surface area contributed by atoms with Crippen molar-refractivity contribution in [3.05, 3.63) is 54.1 Å². The second-order valence-electron chi connectivity index (χ2n) is 5.06. The molecule has 7 nitrogen and oxygen atoms in total. The topological polar surface area (TPSA) is 86.5 Å². The molecule has 0 aliphatic rings. The fraction of sp³-hybridized carbons (Fsp3) is 0.167. The molecule has 1 heterocycles. The van der Waals surface area contributed by atoms with Gasteiger partial charge >= 0.3 is 6.01 Å². The molecule has 1 amide bonds. The molecule has 128 valence electrons. The maximum absolute atomic E-state index is 12.2. The lowest BCUT2D eigenvalue weighted by Gasteiger charge is -2.04. The average Bonchev–Trinajstić information content (AvgIpc) is 3.11. The minimum absolute atomic E-state index is 0.0247. The molecular weight excluding hydrogens is 322 g/mol. The number of hydrogen-bond donors (Lipinski definition) is 1. The molecule has 7 heteroatoms. The van der Waals surface area contributed by atoms with Gasteiger partial charge in [-0.25, -0.2) is 0 Å². The van der Waals surface area contributed by atoms with E-state index in [0.29, 0.717) is 35.1 Å². The molecule has 3 rings (SSSR count). The standard InChI is InChI=1S/C18H17N3O4/c1-3-24-14-9-7-12(8-10-14)16(22)19-18-21-20-17(25-18)13-5-4-6-15(11-13)23-2/h4-11H,3H2,1-2H3,(H,19,21,22). The summed E-state index contributed by atoms with van der Waals surface area (Å²) in [5.74, 6) is 1.33. The molecule has 0 aliphatic carbocycles. The normalized spacial score (nSPS) is 10.3. The highest BCUT2D eigenvalue weighted by Gasteiger charge is 2.13. The van der Waals surface area contributed by atoms with Gasteiger partial charge in [0.05, 0.1) is 13.7 Å². The number of amides is 1. The van der Waals surface area contributed by atoms with Crippen molar-refractivity contribution < 1.29 is 18.7 Å². The van der Waals surface area contributed by atoms with Crippen molar-refractivity contribution >= 4 is 11.9 Å². The number of carbonyl (C=O) groups is 1. The van der Waals surface area contributed by atoms with Crippen LogP contribution in [0, 0.1) is 0 Å². The highest BCUT2D eigenvalue weighted by Crippen LogP contribution is 2.24. The molecule has 0 saturated heterocycles. The van der Waals surface area contributed by atoms with Gasteiger partial charge < -0.3 is 13.9 Å². The molecule has 0 saturated carbocycles. The molecule has 0 atom stereocenters. The van der Waals surface area contributed by atoms with Crippen molar-refractivity contribution in [1.82, 2.24) is 10.2 Å². The summed E-state index contributed by atoms with van der Waals surface area (Å²) in [6, 6.07) is 14.0. The Morgan fingerprint density at radius 1 is 1.12 bits per heavy atom. The number of aromatic nitrogens is 2. The predicted molar refractivity (Wildman–Crippen MR) is 91.9 cm³/mol. The second-order valence-corrected chi connectivity index (χ2v) is 5.06. The van der Waals surface area contributed by atoms with Crippen molar-refractivity contribution in [1.29, 1.82) is 0 Å². The zero-order chi connectivity index (χ0) is 17.6. The van der Waals surface area contributed by atoms with Crippen molar-refractivity contribution in [3.63, 3.8) is 0 Å². The highest BCUT2D eigenvalue weighted by atomic mass is 16.5. The van der Waals surface area contributed by atoms with E-state index in [9.17, 15) is 4.79 Å². The van der Waals surface area contributed by atoms with Crippen LogP contribution < -0.4 is 14.8 Å². The number of anilines is 1. The van der Waals surface area contributed by atoms with E-state index in [4.69, 9.17) is 13.9 Å². The summed E-state index contributed by atoms with van der Waals surface area (Å²) >= 11 is 0. The number of methoxy groups -OCH3 is 1. The summed E-state index contributed by atoms with van der Waals surface area (Å²) in [4.78, 5) is 12.2. The molecule has 1 N–H and O–H groups in total. The molecule has 0 unspecified atom stereocenters. The summed E-state index contributed by atoms with van der Waals surface area (Å²) in [6.45, 7) is 2.47. The van der Waals surface area contributed by atoms with Gasteiger partial charge in [0.2, 0.25) is 5.89 Å². The molecule has 25 heavy (non-hydrogen) atoms. The maximum Gasteiger partial charge on any atom is 0.322 e. The smallest absolute Gasteiger partial charge is 0.322 e. The van der Waals surface area contributed by atoms with Crippen LogP contribution in [-0.2, 0) is 0 Å². The van der Waals surface area contributed by atoms with E-state index in [1.54, 1.807) is 37.4 Å². The van der Waals surface area contributed by atoms with Crippen LogP contribution in [0.25, 0.3) is 11.5 Å². The number of nitrogens with zero attached hydrogens (tertiary/aromatic N) is 2. The van der Waals surface area contributed by atoms with Gasteiger partial charge in [0.25, 0.3) is 5.91 Å². The van der Waals surface area contributed by atoms with E-state index in [-0.39, 0.29) is 11.9 Å². The SMILES string of the molecule is CCOc1ccc(C(=O)Nc2nnc(-c3cccc(OC)c3)o2)cc1. The van der Waals surface area contributed by atoms with Crippen molar-refractivity contribution in [3.8, 4) is 23.0 Å². The number of benzene rings is 2. The van der Waals surface area contributed by atoms with Crippen molar-refractivity contribution in [2.45, 2.75) is 6.92 Å². The largest absolute Gasteiger partial charge is 0.497 e. The Kier molecular flexibility index (Phi) is 4.94. The summed E-state index contributed by atoms with van der Waals surface area (Å²) in [5.41, 5.74) is 1.16. The van der Waals surface area contributed by atoms with Gasteiger partial charge in [-0.1, -0.05) is 11.2 Å². The van der Waals surface area contributed by atoms with Crippen LogP contribution in [-0.4, -0.2) is 29.8 Å². The van der Waals surface area contributed by atoms with Gasteiger partial charge in [-0.2, -0.15) is 0 Å². The molecule has 0 spiro atoms. The van der Waals surface area contributed by atoms with Crippen molar-refractivity contribution in [2.75, 3.05) is 19.0 Å². The van der Waals surface area contributed by atoms with Gasteiger partial charge in [-0.3, -0.25) is 10.1 Å². The van der Waals surface area contributed by atoms with E-state index in [1.165, 1.54) is 0 Å². The van der Waals surface area contributed by atoms with Crippen molar-refractivity contribution in [2.24, 2.45) is 0 Å². The molecule has 2 aromatic carbocycles. The van der Waals surface area contributed by atoms with Gasteiger partial charge in [0, 0.05) is 11.1 Å². The number of carbonyl (C=O) groups excluding carboxylic acids is 1. The number of nitrogens with one attached hydrogen (secondary N) is 1. The molecule has 0 radical (unpaired) electrons. The Morgan fingerprint density at radius 2 is 1.92 bits per heavy atom. The quantitative estimate of drug-likeness (QED) is 0.741. The number of ether oxygens (including phenoxy) is 2. The van der Waals surface area contributed by atoms with Gasteiger partial charge in [-0.15, -0.1) is 5.10 Å². The monoisotopic (exact) mass is 339 g/mol. The Labute approximate surface area is 144 Å². The van der Waals surface area contributed by atoms with Gasteiger partial charge in [0.1, 0.15) is 11.5 Å². The number of rotatable bonds is 6. The Hall–Kier alpha value is -3.35. The predicted octanol–water partition coefficient (Wildman–Crippen LogP) is 3.40. The second kappa shape index (κ2) is 7.48. The van der Waals surface area contributed by atoms with Gasteiger partial charge in [-0.05, 0) is 49.4 Å². The first-order valence-corrected chi connectivity index (χ1v) is 7.71. The lowest BCUT2D eigenvalue weighted by molar-refractivity contribution is 0.102. The lowest BCUT2D eigenvalue weighted by Crippen LogP contribution is -2.12. The van der Waals surface area contributed by atoms with Crippen LogP contribution >= 0.6 is 0 Å². The molecule has 3 aromatic rings. The van der Waals surface area contributed by atoms with Crippen LogP contribution in [0.15, 0.2) is 52.9 Å². The first kappa shape index (κ1) is 16.5. The van der Waals surface area contributed by atoms with Crippen LogP contribution in [0.1, 0.15) is 17.3 Å². The summed E-state index contributed by atoms with van der Waals surface area (Å²) in [6.07, 6.45) is 0. The van der Waals surface area contributed by atoms with E-state index < -0.39 is 0 Å². The fourth-order valence-electron chi connectivity index (χ4n) is 2.18. The highest BCUT2D eigenvalue weighted by molar-refractivity contribution is 6.03. The summed E-state index contributed by atoms with van der Waals surface area (Å²) in [7, 11) is 1.58. The van der Waals surface area contributed by atoms with E-state index in [1.807, 2.05) is 25.1 Å². The zero-order valence-electron chi connectivity index (χ0n) is 13.9. The maximum atomic E-state index is 12.2. The van der Waals surface area contributed by atoms with Crippen LogP contribution in [0.3, 0.4) is 0 Å². The Balaban J connectivity index is 1.71. The Morgan fingerprint density at radius 3 is 2.64 bits per heavy atom. The van der Waals surface area contributed by atoms with Gasteiger partial charge in [0.15, 0.2) is 0 Å². The minimum Gasteiger partial charge on any atom is -0.497 e. The van der Waals surface area contributed by atoms with Crippen LogP contribution in [0.2, 0.25) is 0 Å². The van der Waals surface area contributed by atoms with Crippen LogP contribution in [0.4, 0.5) is 6.01 Å². The molecule has 0 aliphatic heterocycles. The fourth-order valence-corrected chi connectivity index (χ4v) is 2.18. The average molecular weight is 339 g/mol. The lowest BCUT2D eigenvalue weighted by atomic mass is 10.2. The van der Waals surface area contributed by atoms with E-state index in [0.717, 1.165) is 0 Å². The Bertz CT molecular complexity index is 859. The first-order chi connectivity index (χ1) is 12.2. The third-order valence-corrected chi connectivity index (χ3v) is 3.39.